The van der Waals surface area contributed by atoms with Crippen LogP contribution in [0.4, 0.5) is 10.5 Å². The maximum Gasteiger partial charge on any atom is 0.355 e. The molecule has 0 radical (unpaired) electrons. The van der Waals surface area contributed by atoms with Gasteiger partial charge in [-0.05, 0) is 31.9 Å². The molecule has 1 atom stereocenters. The molecule has 0 saturated heterocycles. The third kappa shape index (κ3) is 3.69. The van der Waals surface area contributed by atoms with Gasteiger partial charge < -0.3 is 10.2 Å². The number of nitrogens with zero attached hydrogens (tertiary/aromatic N) is 3. The summed E-state index contributed by atoms with van der Waals surface area (Å²) in [6.45, 7) is 1.94. The number of aryl methyl sites for hydroxylation is 1. The maximum absolute atomic E-state index is 13.1. The highest BCUT2D eigenvalue weighted by molar-refractivity contribution is 6.39. The zero-order valence-electron chi connectivity index (χ0n) is 16.9. The highest BCUT2D eigenvalue weighted by Crippen LogP contribution is 2.28. The van der Waals surface area contributed by atoms with Gasteiger partial charge in [-0.3, -0.25) is 9.59 Å². The van der Waals surface area contributed by atoms with Crippen molar-refractivity contribution in [2.75, 3.05) is 11.9 Å². The van der Waals surface area contributed by atoms with Crippen LogP contribution in [0, 0.1) is 6.92 Å². The number of nitrogens with one attached hydrogen (secondary N) is 1. The molecular weight excluding hydrogens is 368 g/mol. The average Bonchev–Trinajstić information content (AvgIpc) is 2.85. The monoisotopic (exact) mass is 394 g/mol. The third-order valence-corrected chi connectivity index (χ3v) is 5.86. The number of aliphatic imine (C=N–C) groups is 1. The summed E-state index contributed by atoms with van der Waals surface area (Å²) in [6.07, 6.45) is 8.16. The van der Waals surface area contributed by atoms with E-state index in [1.54, 1.807) is 30.3 Å². The summed E-state index contributed by atoms with van der Waals surface area (Å²) in [7, 11) is 1.73. The second kappa shape index (κ2) is 7.81. The number of rotatable bonds is 3. The number of fused-ring (bicyclic) bond motifs is 1. The first-order valence-electron chi connectivity index (χ1n) is 10.2. The molecule has 1 fully saturated rings. The molecule has 2 heterocycles. The van der Waals surface area contributed by atoms with E-state index in [1.165, 1.54) is 12.8 Å². The van der Waals surface area contributed by atoms with Gasteiger partial charge in [-0.25, -0.2) is 9.69 Å². The molecule has 0 spiro atoms. The Morgan fingerprint density at radius 2 is 1.72 bits per heavy atom. The first kappa shape index (κ1) is 19.4. The zero-order valence-corrected chi connectivity index (χ0v) is 16.9. The van der Waals surface area contributed by atoms with Gasteiger partial charge >= 0.3 is 6.03 Å². The minimum absolute atomic E-state index is 0.134. The lowest BCUT2D eigenvalue weighted by molar-refractivity contribution is -0.120. The van der Waals surface area contributed by atoms with E-state index in [0.717, 1.165) is 36.1 Å². The number of amides is 4. The largest absolute Gasteiger partial charge is 0.363 e. The van der Waals surface area contributed by atoms with Crippen molar-refractivity contribution in [1.82, 2.24) is 10.2 Å². The molecule has 1 saturated carbocycles. The van der Waals surface area contributed by atoms with Gasteiger partial charge in [-0.15, -0.1) is 0 Å². The molecule has 1 aromatic carbocycles. The number of likely N-dealkylation sites (N-methyl/N-ethyl adjacent to an activating group) is 1. The van der Waals surface area contributed by atoms with Crippen LogP contribution in [-0.2, 0) is 9.59 Å². The van der Waals surface area contributed by atoms with Gasteiger partial charge in [-0.1, -0.05) is 43.4 Å². The van der Waals surface area contributed by atoms with Crippen molar-refractivity contribution < 1.29 is 14.4 Å². The fourth-order valence-corrected chi connectivity index (χ4v) is 4.26. The van der Waals surface area contributed by atoms with Gasteiger partial charge in [-0.2, -0.15) is 4.99 Å². The van der Waals surface area contributed by atoms with Crippen LogP contribution in [0.25, 0.3) is 0 Å². The van der Waals surface area contributed by atoms with Gasteiger partial charge in [0.05, 0.1) is 17.0 Å². The Morgan fingerprint density at radius 1 is 1.07 bits per heavy atom. The van der Waals surface area contributed by atoms with Crippen LogP contribution in [0.1, 0.15) is 44.1 Å². The quantitative estimate of drug-likeness (QED) is 0.799. The van der Waals surface area contributed by atoms with Gasteiger partial charge in [0.25, 0.3) is 11.8 Å². The fraction of sp³-hybridized carbons (Fsp3) is 0.455. The van der Waals surface area contributed by atoms with Crippen molar-refractivity contribution in [2.45, 2.75) is 57.5 Å². The number of carbonyl (C=O) groups excluding carboxylic acids is 3. The molecule has 4 amide bonds. The highest BCUT2D eigenvalue weighted by Gasteiger charge is 2.46. The summed E-state index contributed by atoms with van der Waals surface area (Å²) in [6, 6.07) is 5.86. The van der Waals surface area contributed by atoms with Gasteiger partial charge in [0.15, 0.2) is 6.04 Å². The number of hydrogen-bond donors (Lipinski definition) is 1. The molecular formula is C22H26N4O3. The normalized spacial score (nSPS) is 22.8. The number of benzene rings is 1. The molecule has 2 aliphatic heterocycles. The van der Waals surface area contributed by atoms with Gasteiger partial charge in [0, 0.05) is 19.3 Å². The van der Waals surface area contributed by atoms with E-state index in [-0.39, 0.29) is 23.6 Å². The number of carbonyl (C=O) groups is 3. The van der Waals surface area contributed by atoms with E-state index in [9.17, 15) is 14.4 Å². The maximum atomic E-state index is 13.1. The summed E-state index contributed by atoms with van der Waals surface area (Å²) in [5.41, 5.74) is 2.08. The Bertz CT molecular complexity index is 895. The number of anilines is 1. The summed E-state index contributed by atoms with van der Waals surface area (Å²) in [5.74, 6) is -0.644. The smallest absolute Gasteiger partial charge is 0.355 e. The predicted octanol–water partition coefficient (Wildman–Crippen LogP) is 2.94. The van der Waals surface area contributed by atoms with Gasteiger partial charge in [0.1, 0.15) is 0 Å². The third-order valence-electron chi connectivity index (χ3n) is 5.86. The topological polar surface area (TPSA) is 82.1 Å². The van der Waals surface area contributed by atoms with Crippen LogP contribution in [0.2, 0.25) is 0 Å². The van der Waals surface area contributed by atoms with E-state index < -0.39 is 12.1 Å². The Labute approximate surface area is 170 Å². The minimum atomic E-state index is -0.760. The van der Waals surface area contributed by atoms with Crippen LogP contribution in [-0.4, -0.2) is 47.6 Å². The van der Waals surface area contributed by atoms with Crippen molar-refractivity contribution in [1.29, 1.82) is 0 Å². The molecule has 1 N–H and O–H groups in total. The van der Waals surface area contributed by atoms with Crippen molar-refractivity contribution in [3.63, 3.8) is 0 Å². The second-order valence-electron chi connectivity index (χ2n) is 8.06. The molecule has 1 unspecified atom stereocenters. The molecule has 1 aromatic rings. The molecule has 152 valence electrons. The summed E-state index contributed by atoms with van der Waals surface area (Å²) in [4.78, 5) is 45.6. The molecule has 1 aliphatic carbocycles. The molecule has 29 heavy (non-hydrogen) atoms. The fourth-order valence-electron chi connectivity index (χ4n) is 4.26. The predicted molar refractivity (Wildman–Crippen MR) is 111 cm³/mol. The SMILES string of the molecule is Cc1ccc(N2C(=O)N=C3C(C(=O)NC4CCCCCC4)=CN(C)C3C2=O)cc1. The lowest BCUT2D eigenvalue weighted by Crippen LogP contribution is -2.54. The van der Waals surface area contributed by atoms with Crippen LogP contribution < -0.4 is 10.2 Å². The number of imide groups is 1. The van der Waals surface area contributed by atoms with Crippen LogP contribution in [0.3, 0.4) is 0 Å². The van der Waals surface area contributed by atoms with Gasteiger partial charge in [0.2, 0.25) is 0 Å². The van der Waals surface area contributed by atoms with E-state index in [2.05, 4.69) is 10.3 Å². The standard InChI is InChI=1S/C22H26N4O3/c1-14-9-11-16(12-10-14)26-21(28)19-18(24-22(26)29)17(13-25(19)2)20(27)23-15-7-5-3-4-6-8-15/h9-13,15,19H,3-8H2,1-2H3,(H,23,27). The second-order valence-corrected chi connectivity index (χ2v) is 8.06. The molecule has 3 aliphatic rings. The number of urea groups is 1. The Kier molecular flexibility index (Phi) is 5.22. The van der Waals surface area contributed by atoms with E-state index >= 15 is 0 Å². The molecule has 0 aromatic heterocycles. The van der Waals surface area contributed by atoms with Crippen molar-refractivity contribution >= 4 is 29.2 Å². The average molecular weight is 394 g/mol. The Hall–Kier alpha value is -2.96. The van der Waals surface area contributed by atoms with E-state index in [0.29, 0.717) is 11.3 Å². The summed E-state index contributed by atoms with van der Waals surface area (Å²) < 4.78 is 0. The minimum Gasteiger partial charge on any atom is -0.363 e. The van der Waals surface area contributed by atoms with E-state index in [4.69, 9.17) is 0 Å². The Balaban J connectivity index is 1.57. The molecule has 0 bridgehead atoms. The van der Waals surface area contributed by atoms with Crippen LogP contribution in [0.5, 0.6) is 0 Å². The van der Waals surface area contributed by atoms with Crippen LogP contribution >= 0.6 is 0 Å². The lowest BCUT2D eigenvalue weighted by Gasteiger charge is -2.30. The summed E-state index contributed by atoms with van der Waals surface area (Å²) >= 11 is 0. The Morgan fingerprint density at radius 3 is 2.38 bits per heavy atom. The number of hydrogen-bond acceptors (Lipinski definition) is 4. The van der Waals surface area contributed by atoms with Crippen molar-refractivity contribution in [3.05, 3.63) is 41.6 Å². The van der Waals surface area contributed by atoms with Crippen LogP contribution in [0.15, 0.2) is 41.0 Å². The molecule has 4 rings (SSSR count). The molecule has 7 nitrogen and oxygen atoms in total. The zero-order chi connectivity index (χ0) is 20.5. The first-order chi connectivity index (χ1) is 14.0. The first-order valence-corrected chi connectivity index (χ1v) is 10.2. The highest BCUT2D eigenvalue weighted by atomic mass is 16.2. The van der Waals surface area contributed by atoms with Crippen molar-refractivity contribution in [3.8, 4) is 0 Å². The van der Waals surface area contributed by atoms with E-state index in [1.807, 2.05) is 19.1 Å². The van der Waals surface area contributed by atoms with Crippen molar-refractivity contribution in [2.24, 2.45) is 4.99 Å². The molecule has 7 heteroatoms. The lowest BCUT2D eigenvalue weighted by atomic mass is 10.0. The summed E-state index contributed by atoms with van der Waals surface area (Å²) in [5, 5.41) is 3.08.